The quantitative estimate of drug-likeness (QED) is 0.152. The number of unbranched alkanes of at least 4 members (excludes halogenated alkanes) is 2. The number of rotatable bonds is 12. The van der Waals surface area contributed by atoms with Gasteiger partial charge < -0.3 is 36.8 Å². The third-order valence-corrected chi connectivity index (χ3v) is 7.49. The molecule has 1 aromatic carbocycles. The lowest BCUT2D eigenvalue weighted by atomic mass is 10.1. The number of anilines is 2. The van der Waals surface area contributed by atoms with E-state index in [1.807, 2.05) is 33.1 Å². The number of piperazine rings is 1. The number of aromatic nitrogens is 4. The molecule has 2 aromatic heterocycles. The van der Waals surface area contributed by atoms with Crippen LogP contribution in [0, 0.1) is 0 Å². The number of amides is 2. The van der Waals surface area contributed by atoms with Gasteiger partial charge in [-0.3, -0.25) is 9.59 Å². The van der Waals surface area contributed by atoms with Crippen molar-refractivity contribution in [3.8, 4) is 5.75 Å². The minimum Gasteiger partial charge on any atom is -0.493 e. The number of hydrogen-bond donors (Lipinski definition) is 5. The number of aliphatic hydroxyl groups excluding tert-OH is 1. The zero-order valence-electron chi connectivity index (χ0n) is 24.5. The number of fused-ring (bicyclic) bond motifs is 1. The van der Waals surface area contributed by atoms with Crippen molar-refractivity contribution in [3.05, 3.63) is 34.4 Å². The molecule has 0 spiro atoms. The number of nitrogens with two attached hydrogens (primary N) is 2. The lowest BCUT2D eigenvalue weighted by molar-refractivity contribution is -0.676. The minimum absolute atomic E-state index is 0.0644. The van der Waals surface area contributed by atoms with Gasteiger partial charge in [0.05, 0.1) is 24.8 Å². The van der Waals surface area contributed by atoms with Gasteiger partial charge in [-0.25, -0.2) is 19.1 Å². The fourth-order valence-corrected chi connectivity index (χ4v) is 5.26. The standard InChI is InChI=1S/C28H40ClN9O4/c1-4-6-7-12-42-21-14-20-19(13-18(21)28(41)36-10-8-32-9-11-36)37(5-2)22(38(20)16-17(3)39)15-33-27(40)23-25(30)35-26(31)24(29)34-23/h13-14,17,32,39H,4-12,15-16H2,1-3H3,(H4-,30,31,33,35,40)/p+1/t17-/m0/s1. The molecular formula is C28H41ClN9O4+. The molecule has 4 rings (SSSR count). The molecule has 1 aliphatic rings. The SMILES string of the molecule is CCCCCOc1cc2c(cc1C(=O)N1CCNCC1)[n+](CC)c(CNC(=O)c1nc(Cl)c(N)nc1N)n2C[C@H](C)O. The predicted octanol–water partition coefficient (Wildman–Crippen LogP) is 1.48. The molecule has 0 saturated carbocycles. The molecule has 42 heavy (non-hydrogen) atoms. The maximum Gasteiger partial charge on any atom is 0.277 e. The van der Waals surface area contributed by atoms with Gasteiger partial charge in [-0.1, -0.05) is 31.4 Å². The number of nitrogen functional groups attached to an aromatic ring is 2. The van der Waals surface area contributed by atoms with E-state index in [9.17, 15) is 14.7 Å². The highest BCUT2D eigenvalue weighted by Gasteiger charge is 2.31. The molecule has 0 radical (unpaired) electrons. The predicted molar refractivity (Wildman–Crippen MR) is 160 cm³/mol. The molecule has 3 aromatic rings. The Bertz CT molecular complexity index is 1440. The summed E-state index contributed by atoms with van der Waals surface area (Å²) in [5, 5.41) is 16.4. The van der Waals surface area contributed by atoms with Crippen LogP contribution in [0.2, 0.25) is 5.15 Å². The summed E-state index contributed by atoms with van der Waals surface area (Å²) in [7, 11) is 0. The van der Waals surface area contributed by atoms with E-state index in [1.165, 1.54) is 0 Å². The van der Waals surface area contributed by atoms with Crippen LogP contribution in [0.3, 0.4) is 0 Å². The van der Waals surface area contributed by atoms with E-state index in [4.69, 9.17) is 27.8 Å². The van der Waals surface area contributed by atoms with Gasteiger partial charge in [0.15, 0.2) is 33.5 Å². The fourth-order valence-electron chi connectivity index (χ4n) is 5.14. The van der Waals surface area contributed by atoms with Gasteiger partial charge in [0, 0.05) is 38.3 Å². The minimum atomic E-state index is -0.686. The van der Waals surface area contributed by atoms with Crippen molar-refractivity contribution >= 4 is 46.1 Å². The number of aliphatic hydroxyl groups is 1. The second-order valence-electron chi connectivity index (χ2n) is 10.4. The molecular weight excluding hydrogens is 562 g/mol. The van der Waals surface area contributed by atoms with E-state index in [0.717, 1.165) is 43.4 Å². The molecule has 2 amide bonds. The first-order chi connectivity index (χ1) is 20.2. The first-order valence-electron chi connectivity index (χ1n) is 14.4. The number of aryl methyl sites for hydroxylation is 1. The van der Waals surface area contributed by atoms with E-state index in [2.05, 4.69) is 27.5 Å². The van der Waals surface area contributed by atoms with Crippen LogP contribution in [-0.2, 0) is 19.6 Å². The van der Waals surface area contributed by atoms with Crippen molar-refractivity contribution < 1.29 is 24.0 Å². The van der Waals surface area contributed by atoms with Gasteiger partial charge in [-0.05, 0) is 20.3 Å². The molecule has 0 aliphatic carbocycles. The summed E-state index contributed by atoms with van der Waals surface area (Å²) in [6.45, 7) is 9.86. The highest BCUT2D eigenvalue weighted by atomic mass is 35.5. The van der Waals surface area contributed by atoms with Crippen LogP contribution in [0.4, 0.5) is 11.6 Å². The molecule has 1 saturated heterocycles. The number of ether oxygens (including phenoxy) is 1. The number of nitrogens with zero attached hydrogens (tertiary/aromatic N) is 5. The molecule has 13 nitrogen and oxygen atoms in total. The molecule has 0 bridgehead atoms. The summed E-state index contributed by atoms with van der Waals surface area (Å²) >= 11 is 5.98. The maximum atomic E-state index is 13.7. The second-order valence-corrected chi connectivity index (χ2v) is 10.7. The number of carbonyl (C=O) groups excluding carboxylic acids is 2. The summed E-state index contributed by atoms with van der Waals surface area (Å²) in [6, 6.07) is 3.74. The van der Waals surface area contributed by atoms with Crippen molar-refractivity contribution in [1.29, 1.82) is 0 Å². The second kappa shape index (κ2) is 14.0. The third-order valence-electron chi connectivity index (χ3n) is 7.21. The molecule has 3 heterocycles. The summed E-state index contributed by atoms with van der Waals surface area (Å²) in [5.74, 6) is 0.351. The first kappa shape index (κ1) is 31.3. The van der Waals surface area contributed by atoms with E-state index >= 15 is 0 Å². The Morgan fingerprint density at radius 1 is 1.19 bits per heavy atom. The molecule has 1 atom stereocenters. The van der Waals surface area contributed by atoms with Crippen LogP contribution in [0.25, 0.3) is 11.0 Å². The van der Waals surface area contributed by atoms with Crippen molar-refractivity contribution in [2.45, 2.75) is 65.8 Å². The summed E-state index contributed by atoms with van der Waals surface area (Å²) in [4.78, 5) is 36.5. The van der Waals surface area contributed by atoms with Crippen molar-refractivity contribution in [3.63, 3.8) is 0 Å². The summed E-state index contributed by atoms with van der Waals surface area (Å²) in [6.07, 6.45) is 2.26. The van der Waals surface area contributed by atoms with Crippen molar-refractivity contribution in [2.75, 3.05) is 44.3 Å². The summed E-state index contributed by atoms with van der Waals surface area (Å²) in [5.41, 5.74) is 13.5. The Morgan fingerprint density at radius 2 is 1.93 bits per heavy atom. The Kier molecular flexibility index (Phi) is 10.4. The Balaban J connectivity index is 1.78. The van der Waals surface area contributed by atoms with Crippen LogP contribution in [0.5, 0.6) is 5.75 Å². The highest BCUT2D eigenvalue weighted by molar-refractivity contribution is 6.31. The van der Waals surface area contributed by atoms with Crippen LogP contribution < -0.4 is 31.4 Å². The van der Waals surface area contributed by atoms with Crippen molar-refractivity contribution in [1.82, 2.24) is 30.1 Å². The van der Waals surface area contributed by atoms with Gasteiger partial charge in [0.2, 0.25) is 0 Å². The average molecular weight is 603 g/mol. The van der Waals surface area contributed by atoms with Gasteiger partial charge in [0.1, 0.15) is 18.8 Å². The molecule has 14 heteroatoms. The molecule has 1 aliphatic heterocycles. The third kappa shape index (κ3) is 6.85. The van der Waals surface area contributed by atoms with Gasteiger partial charge >= 0.3 is 0 Å². The number of carbonyl (C=O) groups is 2. The van der Waals surface area contributed by atoms with Gasteiger partial charge in [-0.2, -0.15) is 0 Å². The van der Waals surface area contributed by atoms with E-state index in [1.54, 1.807) is 6.92 Å². The zero-order chi connectivity index (χ0) is 30.4. The number of halogens is 1. The Hall–Kier alpha value is -3.68. The lowest BCUT2D eigenvalue weighted by Crippen LogP contribution is -2.46. The number of imidazole rings is 1. The van der Waals surface area contributed by atoms with E-state index < -0.39 is 12.0 Å². The molecule has 0 unspecified atom stereocenters. The Labute approximate surface area is 250 Å². The smallest absolute Gasteiger partial charge is 0.277 e. The van der Waals surface area contributed by atoms with Crippen LogP contribution in [0.15, 0.2) is 12.1 Å². The monoisotopic (exact) mass is 602 g/mol. The van der Waals surface area contributed by atoms with Crippen LogP contribution in [0.1, 0.15) is 66.7 Å². The molecule has 1 fully saturated rings. The van der Waals surface area contributed by atoms with Crippen molar-refractivity contribution in [2.24, 2.45) is 0 Å². The molecule has 228 valence electrons. The topological polar surface area (TPSA) is 178 Å². The first-order valence-corrected chi connectivity index (χ1v) is 14.8. The normalized spacial score (nSPS) is 14.3. The fraction of sp³-hybridized carbons (Fsp3) is 0.536. The van der Waals surface area contributed by atoms with Gasteiger partial charge in [0.25, 0.3) is 17.6 Å². The molecule has 7 N–H and O–H groups in total. The van der Waals surface area contributed by atoms with Gasteiger partial charge in [-0.15, -0.1) is 0 Å². The number of nitrogens with one attached hydrogen (secondary N) is 2. The average Bonchev–Trinajstić information content (AvgIpc) is 3.25. The number of hydrogen-bond acceptors (Lipinski definition) is 9. The summed E-state index contributed by atoms with van der Waals surface area (Å²) < 4.78 is 10.2. The lowest BCUT2D eigenvalue weighted by Gasteiger charge is -2.28. The maximum absolute atomic E-state index is 13.7. The largest absolute Gasteiger partial charge is 0.493 e. The van der Waals surface area contributed by atoms with E-state index in [-0.39, 0.29) is 41.5 Å². The highest BCUT2D eigenvalue weighted by Crippen LogP contribution is 2.29. The van der Waals surface area contributed by atoms with E-state index in [0.29, 0.717) is 43.4 Å². The Morgan fingerprint density at radius 3 is 2.60 bits per heavy atom. The number of benzene rings is 1. The zero-order valence-corrected chi connectivity index (χ0v) is 25.2. The van der Waals surface area contributed by atoms with Crippen LogP contribution >= 0.6 is 11.6 Å². The van der Waals surface area contributed by atoms with Crippen LogP contribution in [-0.4, -0.2) is 75.2 Å².